The van der Waals surface area contributed by atoms with Crippen LogP contribution in [-0.2, 0) is 4.74 Å². The summed E-state index contributed by atoms with van der Waals surface area (Å²) in [6.07, 6.45) is 4.23. The minimum Gasteiger partial charge on any atom is -0.375 e. The van der Waals surface area contributed by atoms with Gasteiger partial charge in [-0.05, 0) is 31.9 Å². The zero-order valence-corrected chi connectivity index (χ0v) is 12.2. The van der Waals surface area contributed by atoms with E-state index in [0.717, 1.165) is 31.7 Å². The van der Waals surface area contributed by atoms with E-state index < -0.39 is 0 Å². The fraction of sp³-hybridized carbons (Fsp3) is 0.667. The third kappa shape index (κ3) is 3.25. The minimum absolute atomic E-state index is 0.0413. The zero-order valence-electron chi connectivity index (χ0n) is 12.2. The van der Waals surface area contributed by atoms with Crippen molar-refractivity contribution in [3.8, 4) is 0 Å². The Kier molecular flexibility index (Phi) is 4.77. The number of pyridine rings is 1. The van der Waals surface area contributed by atoms with E-state index in [9.17, 15) is 0 Å². The van der Waals surface area contributed by atoms with Gasteiger partial charge in [0.25, 0.3) is 0 Å². The van der Waals surface area contributed by atoms with Gasteiger partial charge in [-0.2, -0.15) is 0 Å². The van der Waals surface area contributed by atoms with Gasteiger partial charge in [0.15, 0.2) is 0 Å². The lowest BCUT2D eigenvalue weighted by molar-refractivity contribution is 0.0299. The van der Waals surface area contributed by atoms with Crippen LogP contribution >= 0.6 is 0 Å². The maximum Gasteiger partial charge on any atom is 0.0723 e. The molecule has 4 nitrogen and oxygen atoms in total. The first-order chi connectivity index (χ1) is 9.15. The van der Waals surface area contributed by atoms with Crippen LogP contribution < -0.4 is 10.6 Å². The van der Waals surface area contributed by atoms with Crippen LogP contribution in [0.1, 0.15) is 45.3 Å². The highest BCUT2D eigenvalue weighted by atomic mass is 16.5. The molecule has 2 unspecified atom stereocenters. The van der Waals surface area contributed by atoms with Gasteiger partial charge in [0, 0.05) is 12.6 Å². The van der Waals surface area contributed by atoms with Crippen LogP contribution in [0, 0.1) is 0 Å². The second-order valence-corrected chi connectivity index (χ2v) is 5.31. The lowest BCUT2D eigenvalue weighted by Crippen LogP contribution is -2.48. The van der Waals surface area contributed by atoms with Crippen LogP contribution in [0.15, 0.2) is 18.3 Å². The Morgan fingerprint density at radius 2 is 2.26 bits per heavy atom. The molecule has 0 amide bonds. The van der Waals surface area contributed by atoms with Crippen LogP contribution in [0.3, 0.4) is 0 Å². The summed E-state index contributed by atoms with van der Waals surface area (Å²) in [7, 11) is 0. The van der Waals surface area contributed by atoms with Crippen molar-refractivity contribution in [3.05, 3.63) is 24.0 Å². The molecule has 106 valence electrons. The summed E-state index contributed by atoms with van der Waals surface area (Å²) < 4.78 is 5.73. The number of anilines is 1. The Hall–Kier alpha value is -1.13. The fourth-order valence-electron chi connectivity index (χ4n) is 2.49. The monoisotopic (exact) mass is 263 g/mol. The van der Waals surface area contributed by atoms with Crippen molar-refractivity contribution in [1.29, 1.82) is 0 Å². The van der Waals surface area contributed by atoms with Gasteiger partial charge in [-0.3, -0.25) is 4.98 Å². The Bertz CT molecular complexity index is 393. The third-order valence-electron chi connectivity index (χ3n) is 3.86. The summed E-state index contributed by atoms with van der Waals surface area (Å²) in [5, 5.41) is 0. The first-order valence-electron chi connectivity index (χ1n) is 7.25. The van der Waals surface area contributed by atoms with E-state index in [-0.39, 0.29) is 12.1 Å². The average molecular weight is 263 g/mol. The van der Waals surface area contributed by atoms with E-state index in [1.54, 1.807) is 0 Å². The average Bonchev–Trinajstić information content (AvgIpc) is 2.46. The number of nitrogens with two attached hydrogens (primary N) is 1. The summed E-state index contributed by atoms with van der Waals surface area (Å²) >= 11 is 0. The topological polar surface area (TPSA) is 51.4 Å². The predicted octanol–water partition coefficient (Wildman–Crippen LogP) is 2.50. The maximum absolute atomic E-state index is 6.00. The number of aromatic nitrogens is 1. The number of morpholine rings is 1. The number of nitrogens with zero attached hydrogens (tertiary/aromatic N) is 2. The zero-order chi connectivity index (χ0) is 13.8. The molecule has 1 fully saturated rings. The van der Waals surface area contributed by atoms with E-state index in [0.29, 0.717) is 6.04 Å². The van der Waals surface area contributed by atoms with Crippen LogP contribution in [0.2, 0.25) is 0 Å². The highest BCUT2D eigenvalue weighted by Gasteiger charge is 2.25. The van der Waals surface area contributed by atoms with Crippen LogP contribution in [0.25, 0.3) is 0 Å². The second-order valence-electron chi connectivity index (χ2n) is 5.31. The standard InChI is InChI=1S/C15H25N3O/c1-4-12-10-19-11(3)9-18(12)13-6-7-15(17-8-13)14(16)5-2/h6-8,11-12,14H,4-5,9-10,16H2,1-3H3/t11?,12?,14-/m0/s1. The molecule has 1 aromatic rings. The van der Waals surface area contributed by atoms with Gasteiger partial charge in [-0.15, -0.1) is 0 Å². The Labute approximate surface area is 116 Å². The van der Waals surface area contributed by atoms with Gasteiger partial charge in [0.2, 0.25) is 0 Å². The summed E-state index contributed by atoms with van der Waals surface area (Å²) in [6, 6.07) is 4.68. The SMILES string of the molecule is CCC1COC(C)CN1c1ccc([C@@H](N)CC)nc1. The summed E-state index contributed by atoms with van der Waals surface area (Å²) in [4.78, 5) is 6.92. The molecule has 2 heterocycles. The molecule has 0 bridgehead atoms. The molecule has 0 spiro atoms. The molecular weight excluding hydrogens is 238 g/mol. The van der Waals surface area contributed by atoms with E-state index in [1.807, 2.05) is 6.20 Å². The van der Waals surface area contributed by atoms with Crippen LogP contribution in [-0.4, -0.2) is 30.3 Å². The molecule has 4 heteroatoms. The predicted molar refractivity (Wildman–Crippen MR) is 78.3 cm³/mol. The van der Waals surface area contributed by atoms with E-state index in [1.165, 1.54) is 5.69 Å². The van der Waals surface area contributed by atoms with Crippen LogP contribution in [0.4, 0.5) is 5.69 Å². The number of hydrogen-bond acceptors (Lipinski definition) is 4. The fourth-order valence-corrected chi connectivity index (χ4v) is 2.49. The molecule has 1 aliphatic rings. The largest absolute Gasteiger partial charge is 0.375 e. The molecule has 0 aromatic carbocycles. The molecule has 0 aliphatic carbocycles. The summed E-state index contributed by atoms with van der Waals surface area (Å²) in [5.74, 6) is 0. The van der Waals surface area contributed by atoms with Gasteiger partial charge in [0.05, 0.1) is 36.3 Å². The molecule has 19 heavy (non-hydrogen) atoms. The van der Waals surface area contributed by atoms with Crippen molar-refractivity contribution in [2.24, 2.45) is 5.73 Å². The maximum atomic E-state index is 6.00. The van der Waals surface area contributed by atoms with Crippen molar-refractivity contribution >= 4 is 5.69 Å². The van der Waals surface area contributed by atoms with Gasteiger partial charge < -0.3 is 15.4 Å². The molecule has 1 saturated heterocycles. The molecule has 0 saturated carbocycles. The lowest BCUT2D eigenvalue weighted by atomic mass is 10.1. The quantitative estimate of drug-likeness (QED) is 0.907. The molecule has 1 aliphatic heterocycles. The van der Waals surface area contributed by atoms with Crippen LogP contribution in [0.5, 0.6) is 0 Å². The number of ether oxygens (including phenoxy) is 1. The highest BCUT2D eigenvalue weighted by Crippen LogP contribution is 2.24. The molecule has 1 aromatic heterocycles. The third-order valence-corrected chi connectivity index (χ3v) is 3.86. The second kappa shape index (κ2) is 6.35. The molecule has 0 radical (unpaired) electrons. The molecule has 2 rings (SSSR count). The van der Waals surface area contributed by atoms with E-state index >= 15 is 0 Å². The number of hydrogen-bond donors (Lipinski definition) is 1. The normalized spacial score (nSPS) is 25.4. The summed E-state index contributed by atoms with van der Waals surface area (Å²) in [6.45, 7) is 8.13. The van der Waals surface area contributed by atoms with Gasteiger partial charge in [0.1, 0.15) is 0 Å². The number of rotatable bonds is 4. The Balaban J connectivity index is 2.15. The van der Waals surface area contributed by atoms with Gasteiger partial charge in [-0.1, -0.05) is 13.8 Å². The molecular formula is C15H25N3O. The Morgan fingerprint density at radius 1 is 1.47 bits per heavy atom. The lowest BCUT2D eigenvalue weighted by Gasteiger charge is -2.39. The van der Waals surface area contributed by atoms with Gasteiger partial charge in [-0.25, -0.2) is 0 Å². The van der Waals surface area contributed by atoms with Crippen molar-refractivity contribution < 1.29 is 4.74 Å². The van der Waals surface area contributed by atoms with Gasteiger partial charge >= 0.3 is 0 Å². The smallest absolute Gasteiger partial charge is 0.0723 e. The van der Waals surface area contributed by atoms with Crippen molar-refractivity contribution in [3.63, 3.8) is 0 Å². The van der Waals surface area contributed by atoms with E-state index in [4.69, 9.17) is 10.5 Å². The van der Waals surface area contributed by atoms with Crippen molar-refractivity contribution in [1.82, 2.24) is 4.98 Å². The highest BCUT2D eigenvalue weighted by molar-refractivity contribution is 5.46. The first-order valence-corrected chi connectivity index (χ1v) is 7.25. The minimum atomic E-state index is 0.0413. The molecule has 3 atom stereocenters. The Morgan fingerprint density at radius 3 is 2.84 bits per heavy atom. The van der Waals surface area contributed by atoms with Crippen molar-refractivity contribution in [2.75, 3.05) is 18.1 Å². The summed E-state index contributed by atoms with van der Waals surface area (Å²) in [5.41, 5.74) is 8.15. The molecule has 2 N–H and O–H groups in total. The van der Waals surface area contributed by atoms with Crippen molar-refractivity contribution in [2.45, 2.75) is 51.8 Å². The first kappa shape index (κ1) is 14.3. The van der Waals surface area contributed by atoms with E-state index in [2.05, 4.69) is 42.8 Å².